The van der Waals surface area contributed by atoms with Crippen LogP contribution in [0.25, 0.3) is 11.1 Å². The van der Waals surface area contributed by atoms with Crippen LogP contribution >= 0.6 is 0 Å². The second kappa shape index (κ2) is 12.0. The van der Waals surface area contributed by atoms with Crippen LogP contribution in [0.5, 0.6) is 11.5 Å². The number of sulfonamides is 1. The average molecular weight is 543 g/mol. The van der Waals surface area contributed by atoms with E-state index in [0.717, 1.165) is 24.2 Å². The number of carbonyl (C=O) groups excluding carboxylic acids is 1. The Morgan fingerprint density at radius 2 is 1.84 bits per heavy atom. The van der Waals surface area contributed by atoms with E-state index in [2.05, 4.69) is 20.1 Å². The summed E-state index contributed by atoms with van der Waals surface area (Å²) < 4.78 is 44.0. The Morgan fingerprint density at radius 1 is 1.08 bits per heavy atom. The fraction of sp³-hybridized carbons (Fsp3) is 0.407. The molecule has 1 fully saturated rings. The van der Waals surface area contributed by atoms with E-state index in [-0.39, 0.29) is 11.7 Å². The van der Waals surface area contributed by atoms with Crippen LogP contribution in [-0.4, -0.2) is 63.0 Å². The van der Waals surface area contributed by atoms with Gasteiger partial charge in [-0.3, -0.25) is 14.4 Å². The van der Waals surface area contributed by atoms with Crippen molar-refractivity contribution >= 4 is 27.3 Å². The van der Waals surface area contributed by atoms with E-state index in [0.29, 0.717) is 66.1 Å². The molecule has 204 valence electrons. The fourth-order valence-electron chi connectivity index (χ4n) is 4.24. The molecule has 2 N–H and O–H groups in total. The van der Waals surface area contributed by atoms with Crippen LogP contribution in [0.1, 0.15) is 30.4 Å². The first-order chi connectivity index (χ1) is 18.1. The number of rotatable bonds is 10. The normalized spacial score (nSPS) is 14.3. The van der Waals surface area contributed by atoms with Gasteiger partial charge in [0.2, 0.25) is 15.9 Å². The van der Waals surface area contributed by atoms with Crippen molar-refractivity contribution < 1.29 is 27.2 Å². The minimum Gasteiger partial charge on any atom is -0.457 e. The van der Waals surface area contributed by atoms with Gasteiger partial charge in [-0.05, 0) is 57.0 Å². The number of aromatic nitrogens is 1. The van der Waals surface area contributed by atoms with Crippen LogP contribution in [0, 0.1) is 20.8 Å². The summed E-state index contributed by atoms with van der Waals surface area (Å²) in [6.45, 7) is 10.8. The highest BCUT2D eigenvalue weighted by molar-refractivity contribution is 7.92. The predicted molar refractivity (Wildman–Crippen MR) is 146 cm³/mol. The lowest BCUT2D eigenvalue weighted by molar-refractivity contribution is -0.116. The topological polar surface area (TPSA) is 123 Å². The maximum atomic E-state index is 12.6. The quantitative estimate of drug-likeness (QED) is 0.384. The van der Waals surface area contributed by atoms with E-state index in [1.54, 1.807) is 44.2 Å². The van der Waals surface area contributed by atoms with Gasteiger partial charge in [0, 0.05) is 49.4 Å². The lowest BCUT2D eigenvalue weighted by atomic mass is 10.0. The standard InChI is InChI=1S/C27H34N4O6S/c1-5-38(33,34)30-22-14-21(27-19(3)29-37-20(27)4)15-24(16-22)36-23-7-6-18(2)25(17-23)28-26(32)8-9-31-10-12-35-13-11-31/h6-7,14-17,30H,5,8-13H2,1-4H3,(H,28,32). The molecule has 0 saturated carbocycles. The van der Waals surface area contributed by atoms with E-state index in [1.165, 1.54) is 0 Å². The number of hydrogen-bond acceptors (Lipinski definition) is 8. The third-order valence-electron chi connectivity index (χ3n) is 6.36. The van der Waals surface area contributed by atoms with Crippen molar-refractivity contribution in [3.8, 4) is 22.6 Å². The van der Waals surface area contributed by atoms with E-state index >= 15 is 0 Å². The van der Waals surface area contributed by atoms with Crippen LogP contribution in [-0.2, 0) is 19.6 Å². The van der Waals surface area contributed by atoms with Gasteiger partial charge in [0.25, 0.3) is 0 Å². The minimum absolute atomic E-state index is 0.0642. The summed E-state index contributed by atoms with van der Waals surface area (Å²) in [4.78, 5) is 14.8. The van der Waals surface area contributed by atoms with Crippen molar-refractivity contribution in [2.24, 2.45) is 0 Å². The van der Waals surface area contributed by atoms with Crippen LogP contribution in [0.4, 0.5) is 11.4 Å². The Kier molecular flexibility index (Phi) is 8.70. The van der Waals surface area contributed by atoms with Crippen molar-refractivity contribution in [1.29, 1.82) is 0 Å². The second-order valence-electron chi connectivity index (χ2n) is 9.28. The summed E-state index contributed by atoms with van der Waals surface area (Å²) in [5, 5.41) is 7.00. The molecular weight excluding hydrogens is 508 g/mol. The fourth-order valence-corrected chi connectivity index (χ4v) is 4.86. The van der Waals surface area contributed by atoms with E-state index < -0.39 is 10.0 Å². The first kappa shape index (κ1) is 27.6. The molecule has 1 amide bonds. The largest absolute Gasteiger partial charge is 0.457 e. The Balaban J connectivity index is 1.55. The highest BCUT2D eigenvalue weighted by atomic mass is 32.2. The highest BCUT2D eigenvalue weighted by Gasteiger charge is 2.17. The SMILES string of the molecule is CCS(=O)(=O)Nc1cc(Oc2ccc(C)c(NC(=O)CCN3CCOCC3)c2)cc(-c2c(C)noc2C)c1. The second-order valence-corrected chi connectivity index (χ2v) is 11.3. The monoisotopic (exact) mass is 542 g/mol. The van der Waals surface area contributed by atoms with Gasteiger partial charge in [-0.2, -0.15) is 0 Å². The molecule has 0 unspecified atom stereocenters. The third kappa shape index (κ3) is 7.12. The van der Waals surface area contributed by atoms with E-state index in [9.17, 15) is 13.2 Å². The van der Waals surface area contributed by atoms with Crippen molar-refractivity contribution in [2.45, 2.75) is 34.1 Å². The number of amides is 1. The molecule has 0 spiro atoms. The molecule has 1 saturated heterocycles. The number of nitrogens with one attached hydrogen (secondary N) is 2. The molecule has 4 rings (SSSR count). The van der Waals surface area contributed by atoms with Gasteiger partial charge < -0.3 is 19.3 Å². The van der Waals surface area contributed by atoms with E-state index in [4.69, 9.17) is 14.0 Å². The van der Waals surface area contributed by atoms with Crippen molar-refractivity contribution in [1.82, 2.24) is 10.1 Å². The smallest absolute Gasteiger partial charge is 0.232 e. The van der Waals surface area contributed by atoms with Crippen LogP contribution in [0.3, 0.4) is 0 Å². The molecule has 0 bridgehead atoms. The average Bonchev–Trinajstić information content (AvgIpc) is 3.22. The number of hydrogen-bond donors (Lipinski definition) is 2. The highest BCUT2D eigenvalue weighted by Crippen LogP contribution is 2.35. The number of morpholine rings is 1. The predicted octanol–water partition coefficient (Wildman–Crippen LogP) is 4.48. The summed E-state index contributed by atoms with van der Waals surface area (Å²) >= 11 is 0. The molecule has 1 aromatic heterocycles. The summed E-state index contributed by atoms with van der Waals surface area (Å²) in [6, 6.07) is 10.6. The van der Waals surface area contributed by atoms with Crippen LogP contribution < -0.4 is 14.8 Å². The molecule has 0 radical (unpaired) electrons. The summed E-state index contributed by atoms with van der Waals surface area (Å²) in [6.07, 6.45) is 0.380. The minimum atomic E-state index is -3.51. The van der Waals surface area contributed by atoms with Gasteiger partial charge in [-0.25, -0.2) is 8.42 Å². The van der Waals surface area contributed by atoms with Crippen molar-refractivity contribution in [3.05, 3.63) is 53.4 Å². The number of nitrogens with zero attached hydrogens (tertiary/aromatic N) is 2. The molecule has 38 heavy (non-hydrogen) atoms. The zero-order valence-corrected chi connectivity index (χ0v) is 23.0. The zero-order chi connectivity index (χ0) is 27.3. The number of benzene rings is 2. The molecule has 10 nitrogen and oxygen atoms in total. The van der Waals surface area contributed by atoms with Gasteiger partial charge >= 0.3 is 0 Å². The first-order valence-corrected chi connectivity index (χ1v) is 14.3. The van der Waals surface area contributed by atoms with E-state index in [1.807, 2.05) is 19.9 Å². The number of anilines is 2. The molecule has 2 aromatic carbocycles. The number of carbonyl (C=O) groups is 1. The molecule has 1 aliphatic rings. The molecule has 0 atom stereocenters. The van der Waals surface area contributed by atoms with Gasteiger partial charge in [0.05, 0.1) is 30.3 Å². The van der Waals surface area contributed by atoms with Gasteiger partial charge in [-0.15, -0.1) is 0 Å². The zero-order valence-electron chi connectivity index (χ0n) is 22.2. The molecule has 1 aliphatic heterocycles. The summed E-state index contributed by atoms with van der Waals surface area (Å²) in [7, 11) is -3.51. The Morgan fingerprint density at radius 3 is 2.53 bits per heavy atom. The third-order valence-corrected chi connectivity index (χ3v) is 7.67. The van der Waals surface area contributed by atoms with Crippen molar-refractivity contribution in [2.75, 3.05) is 48.6 Å². The maximum absolute atomic E-state index is 12.6. The lowest BCUT2D eigenvalue weighted by Crippen LogP contribution is -2.38. The maximum Gasteiger partial charge on any atom is 0.232 e. The molecular formula is C27H34N4O6S. The van der Waals surface area contributed by atoms with Crippen LogP contribution in [0.15, 0.2) is 40.9 Å². The number of ether oxygens (including phenoxy) is 2. The van der Waals surface area contributed by atoms with Crippen LogP contribution in [0.2, 0.25) is 0 Å². The summed E-state index contributed by atoms with van der Waals surface area (Å²) in [5.41, 5.74) is 4.08. The van der Waals surface area contributed by atoms with Gasteiger partial charge in [-0.1, -0.05) is 11.2 Å². The molecule has 0 aliphatic carbocycles. The summed E-state index contributed by atoms with van der Waals surface area (Å²) in [5.74, 6) is 1.39. The van der Waals surface area contributed by atoms with Crippen molar-refractivity contribution in [3.63, 3.8) is 0 Å². The Labute approximate surface area is 223 Å². The van der Waals surface area contributed by atoms with Gasteiger partial charge in [0.15, 0.2) is 0 Å². The molecule has 3 aromatic rings. The molecule has 11 heteroatoms. The lowest BCUT2D eigenvalue weighted by Gasteiger charge is -2.26. The Bertz CT molecular complexity index is 1380. The Hall–Kier alpha value is -3.41. The molecule has 2 heterocycles. The number of aryl methyl sites for hydroxylation is 3. The first-order valence-electron chi connectivity index (χ1n) is 12.6. The van der Waals surface area contributed by atoms with Gasteiger partial charge in [0.1, 0.15) is 17.3 Å².